The second-order valence-electron chi connectivity index (χ2n) is 11.1. The third-order valence-electron chi connectivity index (χ3n) is 6.34. The summed E-state index contributed by atoms with van der Waals surface area (Å²) < 4.78 is 14.8. The standard InChI is InChI=1S/C30H43AsN2O4/c1-9-33(31(21(2)3)22(4)5)28(34)27-26-16-15-25(36-20-23-13-11-10-12-14-23)19-24(26)17-18-32(27)29(35)37-30(6,7)8/h10-16,19,21-22,27H,9,17-18,20H2,1-8H3. The van der Waals surface area contributed by atoms with Crippen molar-refractivity contribution < 1.29 is 19.1 Å². The molecule has 1 atom stereocenters. The van der Waals surface area contributed by atoms with Gasteiger partial charge in [-0.05, 0) is 0 Å². The topological polar surface area (TPSA) is 59.1 Å². The summed E-state index contributed by atoms with van der Waals surface area (Å²) in [6.45, 7) is 18.0. The van der Waals surface area contributed by atoms with E-state index in [1.165, 1.54) is 0 Å². The Kier molecular flexibility index (Phi) is 9.74. The minimum atomic E-state index is -1.70. The van der Waals surface area contributed by atoms with Crippen LogP contribution in [0.25, 0.3) is 0 Å². The Bertz CT molecular complexity index is 1060. The molecule has 0 saturated heterocycles. The van der Waals surface area contributed by atoms with E-state index in [-0.39, 0.29) is 5.91 Å². The molecule has 0 bridgehead atoms. The third-order valence-corrected chi connectivity index (χ3v) is 13.0. The van der Waals surface area contributed by atoms with E-state index in [0.29, 0.717) is 35.5 Å². The van der Waals surface area contributed by atoms with E-state index in [1.54, 1.807) is 4.90 Å². The SMILES string of the molecule is CCN(C(=O)C1c2ccc(OCc3ccccc3)cc2CCN1C(=O)OC(C)(C)C)[As](C(C)C)C(C)C. The van der Waals surface area contributed by atoms with Crippen LogP contribution in [0.2, 0.25) is 9.41 Å². The molecule has 0 fully saturated rings. The summed E-state index contributed by atoms with van der Waals surface area (Å²) >= 11 is -1.70. The molecule has 1 aliphatic heterocycles. The quantitative estimate of drug-likeness (QED) is 0.329. The van der Waals surface area contributed by atoms with E-state index in [2.05, 4.69) is 31.5 Å². The molecule has 2 amide bonds. The molecule has 6 nitrogen and oxygen atoms in total. The summed E-state index contributed by atoms with van der Waals surface area (Å²) in [4.78, 5) is 29.3. The van der Waals surface area contributed by atoms with Crippen molar-refractivity contribution in [2.45, 2.75) is 89.5 Å². The third kappa shape index (κ3) is 7.31. The molecule has 2 aromatic rings. The molecule has 0 aromatic heterocycles. The van der Waals surface area contributed by atoms with Gasteiger partial charge >= 0.3 is 222 Å². The molecule has 0 aliphatic carbocycles. The van der Waals surface area contributed by atoms with Gasteiger partial charge in [0.15, 0.2) is 0 Å². The Morgan fingerprint density at radius 2 is 1.70 bits per heavy atom. The Morgan fingerprint density at radius 3 is 2.27 bits per heavy atom. The zero-order chi connectivity index (χ0) is 27.3. The van der Waals surface area contributed by atoms with Gasteiger partial charge in [-0.25, -0.2) is 0 Å². The summed E-state index contributed by atoms with van der Waals surface area (Å²) in [6.07, 6.45) is 0.202. The second kappa shape index (κ2) is 12.4. The van der Waals surface area contributed by atoms with E-state index >= 15 is 0 Å². The van der Waals surface area contributed by atoms with Gasteiger partial charge in [0.05, 0.1) is 0 Å². The van der Waals surface area contributed by atoms with Gasteiger partial charge in [0.25, 0.3) is 0 Å². The second-order valence-corrected chi connectivity index (χ2v) is 18.0. The van der Waals surface area contributed by atoms with Gasteiger partial charge in [-0.1, -0.05) is 6.07 Å². The Hall–Kier alpha value is -2.46. The van der Waals surface area contributed by atoms with Crippen molar-refractivity contribution in [3.05, 3.63) is 65.2 Å². The normalized spacial score (nSPS) is 15.6. The first-order valence-corrected chi connectivity index (χ1v) is 16.3. The first kappa shape index (κ1) is 29.1. The molecule has 0 spiro atoms. The number of nitrogens with zero attached hydrogens (tertiary/aromatic N) is 2. The first-order valence-electron chi connectivity index (χ1n) is 13.3. The van der Waals surface area contributed by atoms with Crippen LogP contribution >= 0.6 is 0 Å². The van der Waals surface area contributed by atoms with Crippen LogP contribution in [-0.4, -0.2) is 54.3 Å². The fourth-order valence-electron chi connectivity index (χ4n) is 4.95. The number of carbonyl (C=O) groups is 2. The molecule has 2 aromatic carbocycles. The van der Waals surface area contributed by atoms with Crippen molar-refractivity contribution in [2.75, 3.05) is 13.1 Å². The van der Waals surface area contributed by atoms with Gasteiger partial charge in [0.1, 0.15) is 0 Å². The predicted octanol–water partition coefficient (Wildman–Crippen LogP) is 6.76. The van der Waals surface area contributed by atoms with Crippen LogP contribution in [-0.2, 0) is 22.6 Å². The molecular weight excluding hydrogens is 527 g/mol. The summed E-state index contributed by atoms with van der Waals surface area (Å²) in [7, 11) is 0. The van der Waals surface area contributed by atoms with Crippen LogP contribution in [0.4, 0.5) is 4.79 Å². The Labute approximate surface area is 227 Å². The average molecular weight is 571 g/mol. The zero-order valence-electron chi connectivity index (χ0n) is 23.7. The summed E-state index contributed by atoms with van der Waals surface area (Å²) in [5.74, 6) is 0.776. The number of rotatable bonds is 8. The van der Waals surface area contributed by atoms with Crippen molar-refractivity contribution in [3.8, 4) is 5.75 Å². The number of benzene rings is 2. The minimum absolute atomic E-state index is 0.00895. The van der Waals surface area contributed by atoms with E-state index in [0.717, 1.165) is 22.4 Å². The van der Waals surface area contributed by atoms with Crippen LogP contribution < -0.4 is 4.74 Å². The van der Waals surface area contributed by atoms with Crippen LogP contribution in [0.5, 0.6) is 5.75 Å². The first-order chi connectivity index (χ1) is 17.4. The van der Waals surface area contributed by atoms with Gasteiger partial charge in [-0.2, -0.15) is 0 Å². The monoisotopic (exact) mass is 570 g/mol. The van der Waals surface area contributed by atoms with Crippen LogP contribution in [0, 0.1) is 0 Å². The van der Waals surface area contributed by atoms with E-state index in [4.69, 9.17) is 9.47 Å². The number of amides is 2. The van der Waals surface area contributed by atoms with Gasteiger partial charge in [-0.15, -0.1) is 0 Å². The molecule has 1 heterocycles. The van der Waals surface area contributed by atoms with Gasteiger partial charge < -0.3 is 0 Å². The van der Waals surface area contributed by atoms with Crippen molar-refractivity contribution in [1.29, 1.82) is 0 Å². The van der Waals surface area contributed by atoms with Crippen molar-refractivity contribution in [2.24, 2.45) is 0 Å². The molecule has 1 unspecified atom stereocenters. The van der Waals surface area contributed by atoms with Crippen LogP contribution in [0.15, 0.2) is 48.5 Å². The Balaban J connectivity index is 1.97. The average Bonchev–Trinajstić information content (AvgIpc) is 2.83. The van der Waals surface area contributed by atoms with Gasteiger partial charge in [0, 0.05) is 0 Å². The van der Waals surface area contributed by atoms with E-state index in [1.807, 2.05) is 76.2 Å². The van der Waals surface area contributed by atoms with Crippen LogP contribution in [0.3, 0.4) is 0 Å². The fraction of sp³-hybridized carbons (Fsp3) is 0.533. The molecule has 202 valence electrons. The molecule has 3 rings (SSSR count). The zero-order valence-corrected chi connectivity index (χ0v) is 25.5. The number of ether oxygens (including phenoxy) is 2. The Morgan fingerprint density at radius 1 is 1.05 bits per heavy atom. The number of likely N-dealkylation sites (N-methyl/N-ethyl adjacent to an activating group) is 1. The molecule has 1 aliphatic rings. The number of carbonyl (C=O) groups excluding carboxylic acids is 2. The summed E-state index contributed by atoms with van der Waals surface area (Å²) in [5.41, 5.74) is 2.38. The molecule has 0 N–H and O–H groups in total. The molecule has 37 heavy (non-hydrogen) atoms. The molecular formula is C30H43AsN2O4. The number of hydrogen-bond acceptors (Lipinski definition) is 4. The van der Waals surface area contributed by atoms with Crippen molar-refractivity contribution >= 4 is 26.9 Å². The number of hydrogen-bond donors (Lipinski definition) is 0. The van der Waals surface area contributed by atoms with E-state index in [9.17, 15) is 9.59 Å². The number of fused-ring (bicyclic) bond motifs is 1. The van der Waals surface area contributed by atoms with E-state index < -0.39 is 32.6 Å². The maximum atomic E-state index is 14.3. The van der Waals surface area contributed by atoms with Gasteiger partial charge in [-0.3, -0.25) is 0 Å². The summed E-state index contributed by atoms with van der Waals surface area (Å²) in [6, 6.07) is 15.3. The molecule has 0 radical (unpaired) electrons. The fourth-order valence-corrected chi connectivity index (χ4v) is 11.2. The molecule has 0 saturated carbocycles. The van der Waals surface area contributed by atoms with Crippen molar-refractivity contribution in [1.82, 2.24) is 8.72 Å². The predicted molar refractivity (Wildman–Crippen MR) is 150 cm³/mol. The molecule has 7 heteroatoms. The van der Waals surface area contributed by atoms with Crippen molar-refractivity contribution in [3.63, 3.8) is 0 Å². The maximum absolute atomic E-state index is 14.3. The van der Waals surface area contributed by atoms with Gasteiger partial charge in [0.2, 0.25) is 0 Å². The van der Waals surface area contributed by atoms with Crippen LogP contribution in [0.1, 0.15) is 78.1 Å². The summed E-state index contributed by atoms with van der Waals surface area (Å²) in [5, 5.41) is 0.